The summed E-state index contributed by atoms with van der Waals surface area (Å²) in [6.07, 6.45) is 0. The second-order valence-corrected chi connectivity index (χ2v) is 20.1. The number of rotatable bonds is 7. The summed E-state index contributed by atoms with van der Waals surface area (Å²) in [5, 5.41) is 0. The molecule has 0 aliphatic heterocycles. The SMILES string of the molecule is CC(C)(C)c1ccc(-c2ccccc2N(c2ccc(-c3ccc4c(c3)C(C)(C)c3ccccc3-4)cc2)c2ccc(-c3ccccc3-c3cccc4c3C(C)(C)c3ccccc3-4)cc2)cc1. The Hall–Kier alpha value is -7.22. The van der Waals surface area contributed by atoms with E-state index in [9.17, 15) is 0 Å². The molecule has 316 valence electrons. The van der Waals surface area contributed by atoms with Crippen LogP contribution in [0.4, 0.5) is 17.1 Å². The molecule has 0 bridgehead atoms. The zero-order valence-electron chi connectivity index (χ0n) is 38.6. The van der Waals surface area contributed by atoms with E-state index in [2.05, 4.69) is 260 Å². The van der Waals surface area contributed by atoms with Crippen LogP contribution < -0.4 is 4.90 Å². The van der Waals surface area contributed by atoms with Crippen molar-refractivity contribution in [2.75, 3.05) is 4.90 Å². The molecule has 0 spiro atoms. The zero-order chi connectivity index (χ0) is 44.7. The number of benzene rings is 9. The van der Waals surface area contributed by atoms with Crippen molar-refractivity contribution in [3.05, 3.63) is 234 Å². The maximum absolute atomic E-state index is 2.43. The van der Waals surface area contributed by atoms with E-state index in [1.165, 1.54) is 94.6 Å². The third kappa shape index (κ3) is 6.67. The first-order valence-corrected chi connectivity index (χ1v) is 23.2. The third-order valence-electron chi connectivity index (χ3n) is 14.5. The molecule has 0 saturated carbocycles. The van der Waals surface area contributed by atoms with Gasteiger partial charge in [-0.2, -0.15) is 0 Å². The topological polar surface area (TPSA) is 3.24 Å². The van der Waals surface area contributed by atoms with Crippen LogP contribution in [0.15, 0.2) is 206 Å². The predicted molar refractivity (Wildman–Crippen MR) is 277 cm³/mol. The summed E-state index contributed by atoms with van der Waals surface area (Å²) in [7, 11) is 0. The summed E-state index contributed by atoms with van der Waals surface area (Å²) < 4.78 is 0. The van der Waals surface area contributed by atoms with Gasteiger partial charge in [-0.1, -0.05) is 218 Å². The van der Waals surface area contributed by atoms with Crippen molar-refractivity contribution in [1.29, 1.82) is 0 Å². The third-order valence-corrected chi connectivity index (χ3v) is 14.5. The lowest BCUT2D eigenvalue weighted by atomic mass is 9.78. The fourth-order valence-electron chi connectivity index (χ4n) is 11.0. The summed E-state index contributed by atoms with van der Waals surface area (Å²) in [5.74, 6) is 0. The fourth-order valence-corrected chi connectivity index (χ4v) is 11.0. The van der Waals surface area contributed by atoms with Crippen LogP contribution in [-0.2, 0) is 16.2 Å². The Bertz CT molecular complexity index is 3260. The quantitative estimate of drug-likeness (QED) is 0.155. The van der Waals surface area contributed by atoms with Gasteiger partial charge in [-0.3, -0.25) is 0 Å². The van der Waals surface area contributed by atoms with Crippen molar-refractivity contribution >= 4 is 17.1 Å². The van der Waals surface area contributed by atoms with Crippen molar-refractivity contribution in [2.24, 2.45) is 0 Å². The minimum Gasteiger partial charge on any atom is -0.310 e. The van der Waals surface area contributed by atoms with Gasteiger partial charge in [0.25, 0.3) is 0 Å². The molecule has 9 aromatic rings. The fraction of sp³-hybridized carbons (Fsp3) is 0.156. The minimum absolute atomic E-state index is 0.0519. The lowest BCUT2D eigenvalue weighted by Gasteiger charge is -2.29. The number of nitrogens with zero attached hydrogens (tertiary/aromatic N) is 1. The molecular formula is C64H55N. The Balaban J connectivity index is 1.00. The van der Waals surface area contributed by atoms with Crippen LogP contribution in [-0.4, -0.2) is 0 Å². The Labute approximate surface area is 385 Å². The highest BCUT2D eigenvalue weighted by molar-refractivity contribution is 5.94. The molecular weight excluding hydrogens is 783 g/mol. The smallest absolute Gasteiger partial charge is 0.0540 e. The zero-order valence-corrected chi connectivity index (χ0v) is 38.6. The van der Waals surface area contributed by atoms with E-state index in [0.29, 0.717) is 0 Å². The van der Waals surface area contributed by atoms with Crippen molar-refractivity contribution < 1.29 is 0 Å². The highest BCUT2D eigenvalue weighted by Gasteiger charge is 2.38. The van der Waals surface area contributed by atoms with Crippen LogP contribution in [0.2, 0.25) is 0 Å². The van der Waals surface area contributed by atoms with Crippen LogP contribution in [0.25, 0.3) is 66.8 Å². The van der Waals surface area contributed by atoms with Crippen molar-refractivity contribution in [2.45, 2.75) is 64.7 Å². The first-order chi connectivity index (χ1) is 31.4. The van der Waals surface area contributed by atoms with E-state index in [0.717, 1.165) is 17.1 Å². The first kappa shape index (κ1) is 40.5. The molecule has 0 radical (unpaired) electrons. The molecule has 0 aromatic heterocycles. The number of para-hydroxylation sites is 1. The average molecular weight is 838 g/mol. The van der Waals surface area contributed by atoms with Gasteiger partial charge in [-0.25, -0.2) is 0 Å². The van der Waals surface area contributed by atoms with Gasteiger partial charge in [0.1, 0.15) is 0 Å². The summed E-state index contributed by atoms with van der Waals surface area (Å²) in [4.78, 5) is 2.43. The summed E-state index contributed by atoms with van der Waals surface area (Å²) in [6.45, 7) is 16.3. The summed E-state index contributed by atoms with van der Waals surface area (Å²) in [5.41, 5.74) is 25.4. The van der Waals surface area contributed by atoms with Gasteiger partial charge < -0.3 is 4.90 Å². The summed E-state index contributed by atoms with van der Waals surface area (Å²) in [6, 6.07) is 77.0. The lowest BCUT2D eigenvalue weighted by molar-refractivity contribution is 0.590. The Kier molecular flexibility index (Phi) is 9.49. The Morgan fingerprint density at radius 1 is 0.323 bits per heavy atom. The van der Waals surface area contributed by atoms with Gasteiger partial charge in [0, 0.05) is 27.8 Å². The van der Waals surface area contributed by atoms with Gasteiger partial charge in [-0.15, -0.1) is 0 Å². The molecule has 9 aromatic carbocycles. The molecule has 11 rings (SSSR count). The second kappa shape index (κ2) is 15.2. The van der Waals surface area contributed by atoms with Crippen LogP contribution in [0.1, 0.15) is 76.3 Å². The highest BCUT2D eigenvalue weighted by Crippen LogP contribution is 2.54. The van der Waals surface area contributed by atoms with Gasteiger partial charge in [0.2, 0.25) is 0 Å². The van der Waals surface area contributed by atoms with Crippen molar-refractivity contribution in [1.82, 2.24) is 0 Å². The molecule has 1 heteroatoms. The van der Waals surface area contributed by atoms with E-state index in [4.69, 9.17) is 0 Å². The van der Waals surface area contributed by atoms with Gasteiger partial charge in [-0.05, 0) is 131 Å². The second-order valence-electron chi connectivity index (χ2n) is 20.1. The number of anilines is 3. The van der Waals surface area contributed by atoms with E-state index < -0.39 is 0 Å². The molecule has 2 aliphatic rings. The molecule has 1 nitrogen and oxygen atoms in total. The molecule has 2 aliphatic carbocycles. The molecule has 0 fully saturated rings. The number of fused-ring (bicyclic) bond motifs is 6. The van der Waals surface area contributed by atoms with Gasteiger partial charge >= 0.3 is 0 Å². The normalized spacial score (nSPS) is 14.0. The molecule has 0 unspecified atom stereocenters. The van der Waals surface area contributed by atoms with Crippen LogP contribution >= 0.6 is 0 Å². The molecule has 0 amide bonds. The van der Waals surface area contributed by atoms with E-state index in [1.807, 2.05) is 0 Å². The van der Waals surface area contributed by atoms with Gasteiger partial charge in [0.05, 0.1) is 5.69 Å². The standard InChI is InChI=1S/C64H55N/c1-62(2,3)46-34-27-44(28-35-46)50-18-12-15-26-60(50)65(47-36-29-42(30-37-47)45-33-40-54-52-20-10-13-24-57(52)63(4,5)59(54)41-45)48-38-31-43(32-39-48)49-17-8-9-19-51(49)55-22-16-23-56-53-21-11-14-25-58(53)64(6,7)61(55)56/h8-41H,1-7H3. The lowest BCUT2D eigenvalue weighted by Crippen LogP contribution is -2.16. The van der Waals surface area contributed by atoms with E-state index >= 15 is 0 Å². The minimum atomic E-state index is -0.112. The molecule has 65 heavy (non-hydrogen) atoms. The summed E-state index contributed by atoms with van der Waals surface area (Å²) >= 11 is 0. The van der Waals surface area contributed by atoms with Crippen molar-refractivity contribution in [3.63, 3.8) is 0 Å². The maximum Gasteiger partial charge on any atom is 0.0540 e. The van der Waals surface area contributed by atoms with Crippen LogP contribution in [0.5, 0.6) is 0 Å². The van der Waals surface area contributed by atoms with Gasteiger partial charge in [0.15, 0.2) is 0 Å². The molecule has 0 N–H and O–H groups in total. The average Bonchev–Trinajstić information content (AvgIpc) is 3.71. The van der Waals surface area contributed by atoms with Crippen LogP contribution in [0, 0.1) is 0 Å². The Morgan fingerprint density at radius 2 is 0.754 bits per heavy atom. The Morgan fingerprint density at radius 3 is 1.38 bits per heavy atom. The predicted octanol–water partition coefficient (Wildman–Crippen LogP) is 17.7. The van der Waals surface area contributed by atoms with E-state index in [-0.39, 0.29) is 16.2 Å². The number of hydrogen-bond acceptors (Lipinski definition) is 1. The maximum atomic E-state index is 2.43. The van der Waals surface area contributed by atoms with Crippen molar-refractivity contribution in [3.8, 4) is 66.8 Å². The largest absolute Gasteiger partial charge is 0.310 e. The molecule has 0 heterocycles. The van der Waals surface area contributed by atoms with E-state index in [1.54, 1.807) is 0 Å². The monoisotopic (exact) mass is 837 g/mol. The first-order valence-electron chi connectivity index (χ1n) is 23.2. The molecule has 0 atom stereocenters. The number of hydrogen-bond donors (Lipinski definition) is 0. The molecule has 0 saturated heterocycles. The van der Waals surface area contributed by atoms with Crippen LogP contribution in [0.3, 0.4) is 0 Å². The highest BCUT2D eigenvalue weighted by atomic mass is 15.1.